The average molecular weight is 279 g/mol. The molecule has 1 heterocycles. The van der Waals surface area contributed by atoms with Crippen molar-refractivity contribution in [2.75, 3.05) is 5.73 Å². The summed E-state index contributed by atoms with van der Waals surface area (Å²) >= 11 is 0. The number of nitrogen functional groups attached to an aromatic ring is 1. The van der Waals surface area contributed by atoms with Crippen LogP contribution in [0.4, 0.5) is 5.69 Å². The van der Waals surface area contributed by atoms with Gasteiger partial charge in [0.05, 0.1) is 5.69 Å². The summed E-state index contributed by atoms with van der Waals surface area (Å²) in [6, 6.07) is 18.0. The molecule has 0 saturated heterocycles. The van der Waals surface area contributed by atoms with E-state index in [1.165, 1.54) is 0 Å². The van der Waals surface area contributed by atoms with Crippen LogP contribution in [0.3, 0.4) is 0 Å². The normalized spacial score (nSPS) is 10.6. The number of para-hydroxylation sites is 1. The molecule has 4 heteroatoms. The van der Waals surface area contributed by atoms with Crippen molar-refractivity contribution >= 4 is 5.69 Å². The Kier molecular flexibility index (Phi) is 3.36. The predicted octanol–water partition coefficient (Wildman–Crippen LogP) is 3.77. The van der Waals surface area contributed by atoms with Gasteiger partial charge < -0.3 is 10.5 Å². The van der Waals surface area contributed by atoms with E-state index >= 15 is 0 Å². The third-order valence-corrected chi connectivity index (χ3v) is 3.39. The molecule has 0 saturated carbocycles. The number of aromatic nitrogens is 2. The number of ether oxygens (including phenoxy) is 1. The number of nitrogens with two attached hydrogens (primary N) is 1. The maximum absolute atomic E-state index is 6.03. The smallest absolute Gasteiger partial charge is 0.241 e. The van der Waals surface area contributed by atoms with Crippen LogP contribution in [0.2, 0.25) is 0 Å². The molecule has 106 valence electrons. The van der Waals surface area contributed by atoms with E-state index in [1.807, 2.05) is 56.4 Å². The van der Waals surface area contributed by atoms with Crippen molar-refractivity contribution in [1.82, 2.24) is 9.78 Å². The van der Waals surface area contributed by atoms with E-state index in [4.69, 9.17) is 10.5 Å². The van der Waals surface area contributed by atoms with Crippen LogP contribution in [0, 0.1) is 6.92 Å². The second-order valence-electron chi connectivity index (χ2n) is 4.89. The molecule has 0 atom stereocenters. The van der Waals surface area contributed by atoms with Gasteiger partial charge in [0.2, 0.25) is 5.88 Å². The molecule has 0 radical (unpaired) electrons. The third kappa shape index (κ3) is 2.48. The molecule has 21 heavy (non-hydrogen) atoms. The molecule has 0 aliphatic heterocycles. The molecule has 2 N–H and O–H groups in total. The Balaban J connectivity index is 2.04. The first kappa shape index (κ1) is 13.2. The van der Waals surface area contributed by atoms with Crippen molar-refractivity contribution < 1.29 is 4.74 Å². The van der Waals surface area contributed by atoms with Crippen LogP contribution in [0.15, 0.2) is 54.6 Å². The highest BCUT2D eigenvalue weighted by molar-refractivity contribution is 5.71. The van der Waals surface area contributed by atoms with E-state index in [2.05, 4.69) is 17.2 Å². The van der Waals surface area contributed by atoms with Crippen LogP contribution >= 0.6 is 0 Å². The highest BCUT2D eigenvalue weighted by Crippen LogP contribution is 2.35. The standard InChI is InChI=1S/C17H17N3O/c1-12-16(18)17(20(2)19-12)21-15-11-7-6-10-14(15)13-8-4-3-5-9-13/h3-11H,18H2,1-2H3. The fourth-order valence-corrected chi connectivity index (χ4v) is 2.29. The molecule has 0 unspecified atom stereocenters. The SMILES string of the molecule is Cc1nn(C)c(Oc2ccccc2-c2ccccc2)c1N. The molecule has 3 rings (SSSR count). The number of benzene rings is 2. The number of hydrogen-bond acceptors (Lipinski definition) is 3. The highest BCUT2D eigenvalue weighted by atomic mass is 16.5. The zero-order valence-corrected chi connectivity index (χ0v) is 12.1. The van der Waals surface area contributed by atoms with Crippen LogP contribution in [0.5, 0.6) is 11.6 Å². The lowest BCUT2D eigenvalue weighted by atomic mass is 10.1. The second kappa shape index (κ2) is 5.32. The predicted molar refractivity (Wildman–Crippen MR) is 84.3 cm³/mol. The Hall–Kier alpha value is -2.75. The zero-order chi connectivity index (χ0) is 14.8. The van der Waals surface area contributed by atoms with Gasteiger partial charge in [-0.05, 0) is 18.6 Å². The maximum atomic E-state index is 6.03. The Morgan fingerprint density at radius 3 is 2.33 bits per heavy atom. The van der Waals surface area contributed by atoms with Gasteiger partial charge in [-0.1, -0.05) is 48.5 Å². The third-order valence-electron chi connectivity index (χ3n) is 3.39. The van der Waals surface area contributed by atoms with Gasteiger partial charge in [-0.3, -0.25) is 0 Å². The van der Waals surface area contributed by atoms with Crippen LogP contribution in [-0.2, 0) is 7.05 Å². The fraction of sp³-hybridized carbons (Fsp3) is 0.118. The minimum atomic E-state index is 0.566. The summed E-state index contributed by atoms with van der Waals surface area (Å²) in [5.74, 6) is 1.33. The largest absolute Gasteiger partial charge is 0.437 e. The Morgan fingerprint density at radius 1 is 1.00 bits per heavy atom. The van der Waals surface area contributed by atoms with Gasteiger partial charge in [-0.25, -0.2) is 4.68 Å². The lowest BCUT2D eigenvalue weighted by Gasteiger charge is -2.11. The van der Waals surface area contributed by atoms with Crippen molar-refractivity contribution in [3.8, 4) is 22.8 Å². The first-order chi connectivity index (χ1) is 10.2. The lowest BCUT2D eigenvalue weighted by Crippen LogP contribution is -1.98. The minimum absolute atomic E-state index is 0.566. The van der Waals surface area contributed by atoms with Gasteiger partial charge in [0, 0.05) is 12.6 Å². The molecule has 3 aromatic rings. The Morgan fingerprint density at radius 2 is 1.67 bits per heavy atom. The first-order valence-electron chi connectivity index (χ1n) is 6.78. The van der Waals surface area contributed by atoms with E-state index in [1.54, 1.807) is 4.68 Å². The molecule has 0 bridgehead atoms. The average Bonchev–Trinajstić information content (AvgIpc) is 2.75. The minimum Gasteiger partial charge on any atom is -0.437 e. The van der Waals surface area contributed by atoms with E-state index in [0.717, 1.165) is 22.6 Å². The molecule has 1 aromatic heterocycles. The molecule has 4 nitrogen and oxygen atoms in total. The van der Waals surface area contributed by atoms with Gasteiger partial charge in [-0.2, -0.15) is 5.10 Å². The fourth-order valence-electron chi connectivity index (χ4n) is 2.29. The molecular formula is C17H17N3O. The van der Waals surface area contributed by atoms with Crippen LogP contribution in [-0.4, -0.2) is 9.78 Å². The summed E-state index contributed by atoms with van der Waals surface area (Å²) in [7, 11) is 1.82. The Bertz CT molecular complexity index is 763. The summed E-state index contributed by atoms with van der Waals surface area (Å²) in [4.78, 5) is 0. The summed E-state index contributed by atoms with van der Waals surface area (Å²) in [6.45, 7) is 1.87. The van der Waals surface area contributed by atoms with E-state index in [-0.39, 0.29) is 0 Å². The van der Waals surface area contributed by atoms with Crippen molar-refractivity contribution in [2.45, 2.75) is 6.92 Å². The van der Waals surface area contributed by atoms with Crippen molar-refractivity contribution in [3.05, 3.63) is 60.3 Å². The second-order valence-corrected chi connectivity index (χ2v) is 4.89. The van der Waals surface area contributed by atoms with E-state index in [9.17, 15) is 0 Å². The van der Waals surface area contributed by atoms with Gasteiger partial charge in [0.25, 0.3) is 0 Å². The molecule has 2 aromatic carbocycles. The van der Waals surface area contributed by atoms with Crippen molar-refractivity contribution in [3.63, 3.8) is 0 Å². The van der Waals surface area contributed by atoms with Crippen LogP contribution in [0.1, 0.15) is 5.69 Å². The van der Waals surface area contributed by atoms with Gasteiger partial charge in [0.1, 0.15) is 11.4 Å². The number of aryl methyl sites for hydroxylation is 2. The van der Waals surface area contributed by atoms with E-state index in [0.29, 0.717) is 11.6 Å². The number of anilines is 1. The van der Waals surface area contributed by atoms with Crippen LogP contribution in [0.25, 0.3) is 11.1 Å². The molecule has 0 aliphatic rings. The summed E-state index contributed by atoms with van der Waals surface area (Å²) in [6.07, 6.45) is 0. The topological polar surface area (TPSA) is 53.1 Å². The summed E-state index contributed by atoms with van der Waals surface area (Å²) < 4.78 is 7.68. The summed E-state index contributed by atoms with van der Waals surface area (Å²) in [5.41, 5.74) is 9.50. The molecular weight excluding hydrogens is 262 g/mol. The number of rotatable bonds is 3. The van der Waals surface area contributed by atoms with Gasteiger partial charge in [0.15, 0.2) is 0 Å². The molecule has 0 fully saturated rings. The monoisotopic (exact) mass is 279 g/mol. The van der Waals surface area contributed by atoms with E-state index < -0.39 is 0 Å². The molecule has 0 spiro atoms. The maximum Gasteiger partial charge on any atom is 0.241 e. The zero-order valence-electron chi connectivity index (χ0n) is 12.1. The van der Waals surface area contributed by atoms with Gasteiger partial charge >= 0.3 is 0 Å². The molecule has 0 aliphatic carbocycles. The summed E-state index contributed by atoms with van der Waals surface area (Å²) in [5, 5.41) is 4.28. The Labute approximate surface area is 123 Å². The highest BCUT2D eigenvalue weighted by Gasteiger charge is 2.14. The lowest BCUT2D eigenvalue weighted by molar-refractivity contribution is 0.434. The van der Waals surface area contributed by atoms with Crippen molar-refractivity contribution in [1.29, 1.82) is 0 Å². The first-order valence-corrected chi connectivity index (χ1v) is 6.78. The molecule has 0 amide bonds. The van der Waals surface area contributed by atoms with Crippen molar-refractivity contribution in [2.24, 2.45) is 7.05 Å². The number of hydrogen-bond donors (Lipinski definition) is 1. The number of nitrogens with zero attached hydrogens (tertiary/aromatic N) is 2. The van der Waals surface area contributed by atoms with Crippen LogP contribution < -0.4 is 10.5 Å². The quantitative estimate of drug-likeness (QED) is 0.794. The van der Waals surface area contributed by atoms with Gasteiger partial charge in [-0.15, -0.1) is 0 Å².